The van der Waals surface area contributed by atoms with E-state index in [0.717, 1.165) is 18.5 Å². The van der Waals surface area contributed by atoms with Crippen LogP contribution in [0.4, 0.5) is 0 Å². The molecule has 62 valence electrons. The van der Waals surface area contributed by atoms with E-state index in [1.807, 2.05) is 0 Å². The molecule has 2 aliphatic carbocycles. The average molecular weight is 151 g/mol. The van der Waals surface area contributed by atoms with E-state index < -0.39 is 0 Å². The van der Waals surface area contributed by atoms with Crippen molar-refractivity contribution in [1.82, 2.24) is 5.32 Å². The third kappa shape index (κ3) is 2.33. The standard InChI is InChI=1S/C10H17N/c1-8(9-2-3-9)6-7-11-10-4-5-10/h6,9-11H,2-5,7H2,1H3. The smallest absolute Gasteiger partial charge is 0.0140 e. The summed E-state index contributed by atoms with van der Waals surface area (Å²) in [5.41, 5.74) is 1.61. The Bertz CT molecular complexity index is 164. The molecule has 0 radical (unpaired) electrons. The van der Waals surface area contributed by atoms with Crippen LogP contribution in [0.15, 0.2) is 11.6 Å². The molecule has 2 fully saturated rings. The van der Waals surface area contributed by atoms with Crippen LogP contribution < -0.4 is 5.32 Å². The van der Waals surface area contributed by atoms with Gasteiger partial charge in [0.1, 0.15) is 0 Å². The molecular formula is C10H17N. The van der Waals surface area contributed by atoms with Gasteiger partial charge in [0.15, 0.2) is 0 Å². The molecule has 0 aromatic carbocycles. The first kappa shape index (κ1) is 7.35. The van der Waals surface area contributed by atoms with E-state index in [2.05, 4.69) is 18.3 Å². The molecule has 0 spiro atoms. The van der Waals surface area contributed by atoms with E-state index in [0.29, 0.717) is 0 Å². The van der Waals surface area contributed by atoms with Crippen molar-refractivity contribution < 1.29 is 0 Å². The van der Waals surface area contributed by atoms with Gasteiger partial charge in [0.05, 0.1) is 0 Å². The molecule has 0 aromatic heterocycles. The van der Waals surface area contributed by atoms with Crippen molar-refractivity contribution in [3.63, 3.8) is 0 Å². The largest absolute Gasteiger partial charge is 0.311 e. The minimum Gasteiger partial charge on any atom is -0.311 e. The van der Waals surface area contributed by atoms with E-state index in [-0.39, 0.29) is 0 Å². The van der Waals surface area contributed by atoms with Crippen LogP contribution in [0.5, 0.6) is 0 Å². The lowest BCUT2D eigenvalue weighted by atomic mass is 10.2. The molecule has 2 saturated carbocycles. The maximum Gasteiger partial charge on any atom is 0.0140 e. The van der Waals surface area contributed by atoms with Gasteiger partial charge >= 0.3 is 0 Å². The van der Waals surface area contributed by atoms with Crippen molar-refractivity contribution in [2.75, 3.05) is 6.54 Å². The average Bonchev–Trinajstić information content (AvgIpc) is 2.85. The number of hydrogen-bond donors (Lipinski definition) is 1. The molecule has 0 atom stereocenters. The number of rotatable bonds is 4. The predicted molar refractivity (Wildman–Crippen MR) is 47.5 cm³/mol. The van der Waals surface area contributed by atoms with E-state index >= 15 is 0 Å². The lowest BCUT2D eigenvalue weighted by Gasteiger charge is -1.98. The Morgan fingerprint density at radius 1 is 1.36 bits per heavy atom. The Hall–Kier alpha value is -0.300. The highest BCUT2D eigenvalue weighted by atomic mass is 14.9. The highest BCUT2D eigenvalue weighted by Gasteiger charge is 2.23. The normalized spacial score (nSPS) is 25.7. The van der Waals surface area contributed by atoms with Gasteiger partial charge in [-0.25, -0.2) is 0 Å². The molecule has 0 aromatic rings. The van der Waals surface area contributed by atoms with Crippen LogP contribution in [0, 0.1) is 5.92 Å². The van der Waals surface area contributed by atoms with Crippen molar-refractivity contribution >= 4 is 0 Å². The second-order valence-electron chi connectivity index (χ2n) is 3.90. The molecule has 0 unspecified atom stereocenters. The number of hydrogen-bond acceptors (Lipinski definition) is 1. The topological polar surface area (TPSA) is 12.0 Å². The second-order valence-corrected chi connectivity index (χ2v) is 3.90. The van der Waals surface area contributed by atoms with Gasteiger partial charge < -0.3 is 5.32 Å². The molecule has 0 amide bonds. The molecule has 2 rings (SSSR count). The van der Waals surface area contributed by atoms with Crippen molar-refractivity contribution in [3.8, 4) is 0 Å². The van der Waals surface area contributed by atoms with Gasteiger partial charge in [-0.05, 0) is 38.5 Å². The van der Waals surface area contributed by atoms with Gasteiger partial charge in [0, 0.05) is 12.6 Å². The molecule has 0 bridgehead atoms. The SMILES string of the molecule is CC(=CCNC1CC1)C1CC1. The van der Waals surface area contributed by atoms with E-state index in [1.165, 1.54) is 25.7 Å². The molecule has 1 heteroatoms. The van der Waals surface area contributed by atoms with Crippen LogP contribution in [0.25, 0.3) is 0 Å². The summed E-state index contributed by atoms with van der Waals surface area (Å²) in [6.45, 7) is 3.37. The highest BCUT2D eigenvalue weighted by molar-refractivity contribution is 5.10. The quantitative estimate of drug-likeness (QED) is 0.607. The Labute approximate surface area is 68.9 Å². The summed E-state index contributed by atoms with van der Waals surface area (Å²) in [6, 6.07) is 0.859. The van der Waals surface area contributed by atoms with Crippen molar-refractivity contribution in [3.05, 3.63) is 11.6 Å². The monoisotopic (exact) mass is 151 g/mol. The summed E-state index contributed by atoms with van der Waals surface area (Å²) in [7, 11) is 0. The Morgan fingerprint density at radius 3 is 2.64 bits per heavy atom. The van der Waals surface area contributed by atoms with Gasteiger partial charge in [-0.3, -0.25) is 0 Å². The zero-order valence-corrected chi connectivity index (χ0v) is 7.27. The van der Waals surface area contributed by atoms with Crippen LogP contribution in [-0.4, -0.2) is 12.6 Å². The zero-order valence-electron chi connectivity index (χ0n) is 7.27. The van der Waals surface area contributed by atoms with Crippen LogP contribution >= 0.6 is 0 Å². The van der Waals surface area contributed by atoms with Gasteiger partial charge in [0.2, 0.25) is 0 Å². The van der Waals surface area contributed by atoms with Gasteiger partial charge in [0.25, 0.3) is 0 Å². The molecule has 2 aliphatic rings. The molecule has 0 aliphatic heterocycles. The first-order valence-electron chi connectivity index (χ1n) is 4.76. The maximum absolute atomic E-state index is 3.49. The first-order valence-corrected chi connectivity index (χ1v) is 4.76. The molecule has 0 saturated heterocycles. The zero-order chi connectivity index (χ0) is 7.68. The Morgan fingerprint density at radius 2 is 2.09 bits per heavy atom. The van der Waals surface area contributed by atoms with Crippen LogP contribution in [0.2, 0.25) is 0 Å². The summed E-state index contributed by atoms with van der Waals surface area (Å²) < 4.78 is 0. The summed E-state index contributed by atoms with van der Waals surface area (Å²) in [5, 5.41) is 3.49. The fourth-order valence-electron chi connectivity index (χ4n) is 1.38. The summed E-state index contributed by atoms with van der Waals surface area (Å²) >= 11 is 0. The fourth-order valence-corrected chi connectivity index (χ4v) is 1.38. The van der Waals surface area contributed by atoms with Crippen LogP contribution in [0.1, 0.15) is 32.6 Å². The second kappa shape index (κ2) is 2.98. The molecular weight excluding hydrogens is 134 g/mol. The summed E-state index contributed by atoms with van der Waals surface area (Å²) in [4.78, 5) is 0. The minimum absolute atomic E-state index is 0.859. The summed E-state index contributed by atoms with van der Waals surface area (Å²) in [5.74, 6) is 0.955. The van der Waals surface area contributed by atoms with E-state index in [4.69, 9.17) is 0 Å². The minimum atomic E-state index is 0.859. The molecule has 1 N–H and O–H groups in total. The highest BCUT2D eigenvalue weighted by Crippen LogP contribution is 2.35. The van der Waals surface area contributed by atoms with Crippen LogP contribution in [0.3, 0.4) is 0 Å². The van der Waals surface area contributed by atoms with E-state index in [9.17, 15) is 0 Å². The molecule has 0 heterocycles. The lowest BCUT2D eigenvalue weighted by Crippen LogP contribution is -2.15. The lowest BCUT2D eigenvalue weighted by molar-refractivity contribution is 0.747. The van der Waals surface area contributed by atoms with E-state index in [1.54, 1.807) is 5.57 Å². The van der Waals surface area contributed by atoms with Crippen molar-refractivity contribution in [2.45, 2.75) is 38.6 Å². The molecule has 1 nitrogen and oxygen atoms in total. The van der Waals surface area contributed by atoms with Crippen LogP contribution in [-0.2, 0) is 0 Å². The van der Waals surface area contributed by atoms with Crippen molar-refractivity contribution in [1.29, 1.82) is 0 Å². The Kier molecular flexibility index (Phi) is 1.99. The Balaban J connectivity index is 1.64. The third-order valence-corrected chi connectivity index (χ3v) is 2.63. The van der Waals surface area contributed by atoms with Gasteiger partial charge in [-0.2, -0.15) is 0 Å². The summed E-state index contributed by atoms with van der Waals surface area (Å²) in [6.07, 6.45) is 8.04. The maximum atomic E-state index is 3.49. The number of nitrogens with one attached hydrogen (secondary N) is 1. The first-order chi connectivity index (χ1) is 5.36. The third-order valence-electron chi connectivity index (χ3n) is 2.63. The van der Waals surface area contributed by atoms with Gasteiger partial charge in [-0.15, -0.1) is 0 Å². The van der Waals surface area contributed by atoms with Gasteiger partial charge in [-0.1, -0.05) is 11.6 Å². The molecule has 11 heavy (non-hydrogen) atoms. The predicted octanol–water partition coefficient (Wildman–Crippen LogP) is 2.09. The number of allylic oxidation sites excluding steroid dienone is 1. The van der Waals surface area contributed by atoms with Crippen molar-refractivity contribution in [2.24, 2.45) is 5.92 Å². The fraction of sp³-hybridized carbons (Fsp3) is 0.800.